The number of H-pyrrole nitrogens is 1. The highest BCUT2D eigenvalue weighted by Gasteiger charge is 2.51. The van der Waals surface area contributed by atoms with Gasteiger partial charge in [-0.25, -0.2) is 4.79 Å². The standard InChI is InChI=1S/C23H23N3O5/c1-25-22(28)19-12-17-16-11-15(31-9-8-30-2)6-7-18(16)24-20(17)21(26(19)23(25)29)13-4-3-5-14(27)10-13/h3-7,10-11,19,21,24,27H,8-9,12H2,1-2H3. The molecule has 31 heavy (non-hydrogen) atoms. The minimum Gasteiger partial charge on any atom is -0.508 e. The van der Waals surface area contributed by atoms with Gasteiger partial charge in [-0.3, -0.25) is 14.6 Å². The number of phenols is 1. The van der Waals surface area contributed by atoms with Crippen molar-refractivity contribution in [3.05, 3.63) is 59.3 Å². The summed E-state index contributed by atoms with van der Waals surface area (Å²) < 4.78 is 10.8. The predicted molar refractivity (Wildman–Crippen MR) is 113 cm³/mol. The molecular formula is C23H23N3O5. The summed E-state index contributed by atoms with van der Waals surface area (Å²) in [6.07, 6.45) is 0.418. The first-order chi connectivity index (χ1) is 15.0. The van der Waals surface area contributed by atoms with Gasteiger partial charge >= 0.3 is 6.03 Å². The number of urea groups is 1. The van der Waals surface area contributed by atoms with Gasteiger partial charge in [0.25, 0.3) is 5.91 Å². The molecule has 2 unspecified atom stereocenters. The van der Waals surface area contributed by atoms with Crippen LogP contribution in [0.15, 0.2) is 42.5 Å². The number of hydrogen-bond donors (Lipinski definition) is 2. The molecule has 1 fully saturated rings. The lowest BCUT2D eigenvalue weighted by Crippen LogP contribution is -2.44. The first-order valence-electron chi connectivity index (χ1n) is 10.1. The lowest BCUT2D eigenvalue weighted by molar-refractivity contribution is -0.127. The number of benzene rings is 2. The molecule has 160 valence electrons. The summed E-state index contributed by atoms with van der Waals surface area (Å²) in [6, 6.07) is 11.2. The van der Waals surface area contributed by atoms with Crippen LogP contribution in [0.5, 0.6) is 11.5 Å². The molecule has 2 atom stereocenters. The van der Waals surface area contributed by atoms with E-state index in [1.54, 1.807) is 30.2 Å². The van der Waals surface area contributed by atoms with Gasteiger partial charge in [0.2, 0.25) is 0 Å². The minimum absolute atomic E-state index is 0.109. The quantitative estimate of drug-likeness (QED) is 0.488. The Morgan fingerprint density at radius 1 is 1.16 bits per heavy atom. The third-order valence-corrected chi connectivity index (χ3v) is 6.06. The Morgan fingerprint density at radius 2 is 2.00 bits per heavy atom. The highest BCUT2D eigenvalue weighted by atomic mass is 16.5. The predicted octanol–water partition coefficient (Wildman–Crippen LogP) is 2.81. The smallest absolute Gasteiger partial charge is 0.328 e. The summed E-state index contributed by atoms with van der Waals surface area (Å²) in [5, 5.41) is 11.0. The molecule has 0 spiro atoms. The number of nitrogens with one attached hydrogen (secondary N) is 1. The molecule has 1 aromatic heterocycles. The van der Waals surface area contributed by atoms with Crippen molar-refractivity contribution in [3.63, 3.8) is 0 Å². The highest BCUT2D eigenvalue weighted by molar-refractivity contribution is 6.05. The molecule has 5 rings (SSSR count). The van der Waals surface area contributed by atoms with Gasteiger partial charge in [-0.2, -0.15) is 0 Å². The van der Waals surface area contributed by atoms with Crippen LogP contribution in [0.1, 0.15) is 22.9 Å². The van der Waals surface area contributed by atoms with Gasteiger partial charge in [0.05, 0.1) is 6.61 Å². The molecule has 3 aromatic rings. The number of aromatic amines is 1. The Kier molecular flexibility index (Phi) is 4.59. The van der Waals surface area contributed by atoms with Crippen molar-refractivity contribution in [1.82, 2.24) is 14.8 Å². The van der Waals surface area contributed by atoms with Crippen LogP contribution in [0.3, 0.4) is 0 Å². The zero-order valence-corrected chi connectivity index (χ0v) is 17.3. The molecular weight excluding hydrogens is 398 g/mol. The minimum atomic E-state index is -0.589. The van der Waals surface area contributed by atoms with Crippen molar-refractivity contribution in [2.24, 2.45) is 0 Å². The van der Waals surface area contributed by atoms with Gasteiger partial charge in [-0.15, -0.1) is 0 Å². The number of phenolic OH excluding ortho intramolecular Hbond substituents is 1. The number of aromatic hydroxyl groups is 1. The first-order valence-corrected chi connectivity index (χ1v) is 10.1. The number of fused-ring (bicyclic) bond motifs is 4. The summed E-state index contributed by atoms with van der Waals surface area (Å²) in [7, 11) is 3.13. The molecule has 2 aromatic carbocycles. The Hall–Kier alpha value is -3.52. The fraction of sp³-hybridized carbons (Fsp3) is 0.304. The lowest BCUT2D eigenvalue weighted by Gasteiger charge is -2.36. The van der Waals surface area contributed by atoms with E-state index in [-0.39, 0.29) is 17.7 Å². The van der Waals surface area contributed by atoms with Crippen molar-refractivity contribution in [2.75, 3.05) is 27.4 Å². The molecule has 8 heteroatoms. The molecule has 3 heterocycles. The SMILES string of the molecule is COCCOc1ccc2[nH]c3c(c2c1)CC1C(=O)N(C)C(=O)N1C3c1cccc(O)c1. The highest BCUT2D eigenvalue weighted by Crippen LogP contribution is 2.44. The van der Waals surface area contributed by atoms with Crippen LogP contribution < -0.4 is 4.74 Å². The zero-order chi connectivity index (χ0) is 21.7. The molecule has 3 amide bonds. The molecule has 2 aliphatic heterocycles. The van der Waals surface area contributed by atoms with Gasteiger partial charge in [0.15, 0.2) is 0 Å². The second-order valence-corrected chi connectivity index (χ2v) is 7.87. The average Bonchev–Trinajstić information content (AvgIpc) is 3.23. The zero-order valence-electron chi connectivity index (χ0n) is 17.3. The van der Waals surface area contributed by atoms with E-state index in [9.17, 15) is 14.7 Å². The Morgan fingerprint density at radius 3 is 2.77 bits per heavy atom. The number of amides is 3. The van der Waals surface area contributed by atoms with Gasteiger partial charge in [0.1, 0.15) is 30.2 Å². The molecule has 2 N–H and O–H groups in total. The number of aromatic nitrogens is 1. The maximum atomic E-state index is 13.0. The van der Waals surface area contributed by atoms with Crippen molar-refractivity contribution >= 4 is 22.8 Å². The summed E-state index contributed by atoms with van der Waals surface area (Å²) in [4.78, 5) is 32.1. The largest absolute Gasteiger partial charge is 0.508 e. The van der Waals surface area contributed by atoms with E-state index in [0.717, 1.165) is 27.7 Å². The number of likely N-dealkylation sites (N-methyl/N-ethyl adjacent to an activating group) is 1. The molecule has 2 aliphatic rings. The maximum absolute atomic E-state index is 13.0. The van der Waals surface area contributed by atoms with Crippen molar-refractivity contribution in [3.8, 4) is 11.5 Å². The van der Waals surface area contributed by atoms with Crippen LogP contribution in [0.4, 0.5) is 4.79 Å². The van der Waals surface area contributed by atoms with E-state index in [1.807, 2.05) is 24.3 Å². The fourth-order valence-electron chi connectivity index (χ4n) is 4.61. The van der Waals surface area contributed by atoms with Crippen LogP contribution in [0, 0.1) is 0 Å². The number of imide groups is 1. The molecule has 1 saturated heterocycles. The van der Waals surface area contributed by atoms with Crippen molar-refractivity contribution in [2.45, 2.75) is 18.5 Å². The molecule has 0 radical (unpaired) electrons. The number of carbonyl (C=O) groups is 2. The Balaban J connectivity index is 1.66. The average molecular weight is 421 g/mol. The second kappa shape index (κ2) is 7.31. The fourth-order valence-corrected chi connectivity index (χ4v) is 4.61. The Labute approximate surface area is 179 Å². The summed E-state index contributed by atoms with van der Waals surface area (Å²) >= 11 is 0. The van der Waals surface area contributed by atoms with Crippen molar-refractivity contribution < 1.29 is 24.2 Å². The summed E-state index contributed by atoms with van der Waals surface area (Å²) in [6.45, 7) is 0.928. The van der Waals surface area contributed by atoms with Gasteiger partial charge < -0.3 is 19.6 Å². The van der Waals surface area contributed by atoms with Crippen LogP contribution in [0.25, 0.3) is 10.9 Å². The monoisotopic (exact) mass is 421 g/mol. The van der Waals surface area contributed by atoms with E-state index in [0.29, 0.717) is 25.4 Å². The summed E-state index contributed by atoms with van der Waals surface area (Å²) in [5.41, 5.74) is 3.48. The third-order valence-electron chi connectivity index (χ3n) is 6.06. The number of hydrogen-bond acceptors (Lipinski definition) is 5. The Bertz CT molecular complexity index is 1190. The van der Waals surface area contributed by atoms with Crippen LogP contribution >= 0.6 is 0 Å². The number of nitrogens with zero attached hydrogens (tertiary/aromatic N) is 2. The van der Waals surface area contributed by atoms with Crippen LogP contribution in [0.2, 0.25) is 0 Å². The van der Waals surface area contributed by atoms with E-state index < -0.39 is 12.1 Å². The normalized spacial score (nSPS) is 20.3. The number of methoxy groups -OCH3 is 1. The van der Waals surface area contributed by atoms with E-state index >= 15 is 0 Å². The third kappa shape index (κ3) is 3.02. The van der Waals surface area contributed by atoms with E-state index in [4.69, 9.17) is 9.47 Å². The number of ether oxygens (including phenoxy) is 2. The molecule has 0 bridgehead atoms. The van der Waals surface area contributed by atoms with Gasteiger partial charge in [0, 0.05) is 37.2 Å². The number of rotatable bonds is 5. The van der Waals surface area contributed by atoms with E-state index in [2.05, 4.69) is 4.98 Å². The van der Waals surface area contributed by atoms with Crippen molar-refractivity contribution in [1.29, 1.82) is 0 Å². The lowest BCUT2D eigenvalue weighted by atomic mass is 9.89. The molecule has 8 nitrogen and oxygen atoms in total. The van der Waals surface area contributed by atoms with E-state index in [1.165, 1.54) is 11.9 Å². The topological polar surface area (TPSA) is 95.1 Å². The summed E-state index contributed by atoms with van der Waals surface area (Å²) in [5.74, 6) is 0.605. The molecule has 0 aliphatic carbocycles. The maximum Gasteiger partial charge on any atom is 0.328 e. The number of carbonyl (C=O) groups excluding carboxylic acids is 2. The second-order valence-electron chi connectivity index (χ2n) is 7.87. The molecule has 0 saturated carbocycles. The van der Waals surface area contributed by atoms with Crippen LogP contribution in [-0.4, -0.2) is 65.2 Å². The van der Waals surface area contributed by atoms with Gasteiger partial charge in [-0.05, 0) is 41.5 Å². The van der Waals surface area contributed by atoms with Crippen LogP contribution in [-0.2, 0) is 16.0 Å². The van der Waals surface area contributed by atoms with Gasteiger partial charge in [-0.1, -0.05) is 12.1 Å². The first kappa shape index (κ1) is 19.4.